The summed E-state index contributed by atoms with van der Waals surface area (Å²) in [5, 5.41) is 33.6. The van der Waals surface area contributed by atoms with Gasteiger partial charge in [0.2, 0.25) is 35.1 Å². The van der Waals surface area contributed by atoms with Crippen molar-refractivity contribution in [3.8, 4) is 23.0 Å². The molecule has 0 saturated heterocycles. The van der Waals surface area contributed by atoms with Crippen LogP contribution in [-0.4, -0.2) is 65.4 Å². The van der Waals surface area contributed by atoms with E-state index in [2.05, 4.69) is 21.3 Å². The smallest absolute Gasteiger partial charge is 0.311 e. The van der Waals surface area contributed by atoms with Gasteiger partial charge in [-0.2, -0.15) is 0 Å². The summed E-state index contributed by atoms with van der Waals surface area (Å²) in [7, 11) is 1.30. The fourth-order valence-corrected chi connectivity index (χ4v) is 5.38. The highest BCUT2D eigenvalue weighted by molar-refractivity contribution is 5.94. The lowest BCUT2D eigenvalue weighted by molar-refractivity contribution is -0.385. The molecule has 0 radical (unpaired) electrons. The molecule has 0 fully saturated rings. The number of amides is 4. The number of nitro benzene ring substituents is 1. The van der Waals surface area contributed by atoms with Crippen molar-refractivity contribution in [2.75, 3.05) is 13.7 Å². The number of phenolic OH excluding ortho intramolecular Hbond substituents is 1. The number of nitrogens with one attached hydrogen (secondary N) is 4. The molecule has 5 rings (SSSR count). The molecule has 4 amide bonds. The topological polar surface area (TPSA) is 224 Å². The van der Waals surface area contributed by atoms with Crippen LogP contribution in [0.5, 0.6) is 23.0 Å². The summed E-state index contributed by atoms with van der Waals surface area (Å²) >= 11 is 0. The number of fused-ring (bicyclic) bond motifs is 9. The van der Waals surface area contributed by atoms with Gasteiger partial charge in [0, 0.05) is 25.5 Å². The van der Waals surface area contributed by atoms with Gasteiger partial charge in [0.05, 0.1) is 18.6 Å². The minimum Gasteiger partial charge on any atom is -0.504 e. The number of phenols is 1. The minimum atomic E-state index is -1.33. The van der Waals surface area contributed by atoms with Gasteiger partial charge in [-0.1, -0.05) is 50.2 Å². The van der Waals surface area contributed by atoms with E-state index in [-0.39, 0.29) is 66.8 Å². The van der Waals surface area contributed by atoms with E-state index in [0.29, 0.717) is 5.56 Å². The summed E-state index contributed by atoms with van der Waals surface area (Å²) in [5.74, 6) is -3.18. The van der Waals surface area contributed by atoms with E-state index in [9.17, 15) is 34.4 Å². The lowest BCUT2D eigenvalue weighted by atomic mass is 9.99. The third kappa shape index (κ3) is 9.67. The molecule has 0 aromatic heterocycles. The highest BCUT2D eigenvalue weighted by Crippen LogP contribution is 2.42. The van der Waals surface area contributed by atoms with Crippen molar-refractivity contribution in [2.24, 2.45) is 11.7 Å². The molecule has 0 unspecified atom stereocenters. The highest BCUT2D eigenvalue weighted by atomic mass is 16.6. The number of hydrogen-bond acceptors (Lipinski definition) is 10. The maximum atomic E-state index is 14.0. The number of nitro groups is 1. The number of aromatic hydroxyl groups is 1. The Morgan fingerprint density at radius 3 is 2.47 bits per heavy atom. The Hall–Kier alpha value is -5.70. The van der Waals surface area contributed by atoms with Gasteiger partial charge < -0.3 is 41.6 Å². The Morgan fingerprint density at radius 2 is 1.82 bits per heavy atom. The first-order chi connectivity index (χ1) is 23.4. The number of benzene rings is 3. The van der Waals surface area contributed by atoms with E-state index >= 15 is 0 Å². The summed E-state index contributed by atoms with van der Waals surface area (Å²) in [6.07, 6.45) is 0.100. The van der Waals surface area contributed by atoms with Crippen molar-refractivity contribution in [1.29, 1.82) is 0 Å². The second-order valence-electron chi connectivity index (χ2n) is 12.0. The van der Waals surface area contributed by atoms with Crippen LogP contribution in [-0.2, 0) is 38.6 Å². The van der Waals surface area contributed by atoms with E-state index in [4.69, 9.17) is 15.2 Å². The number of nitrogens with zero attached hydrogens (tertiary/aromatic N) is 1. The number of nitrogens with two attached hydrogens (primary N) is 1. The average Bonchev–Trinajstić information content (AvgIpc) is 3.06. The first-order valence-corrected chi connectivity index (χ1v) is 15.6. The van der Waals surface area contributed by atoms with E-state index in [0.717, 1.165) is 5.56 Å². The average molecular weight is 677 g/mol. The third-order valence-electron chi connectivity index (χ3n) is 7.74. The van der Waals surface area contributed by atoms with Crippen LogP contribution in [0.15, 0.2) is 60.7 Å². The molecule has 0 aliphatic carbocycles. The molecule has 15 heteroatoms. The van der Waals surface area contributed by atoms with Crippen molar-refractivity contribution in [3.05, 3.63) is 87.5 Å². The van der Waals surface area contributed by atoms with Gasteiger partial charge in [0.15, 0.2) is 11.5 Å². The molecular weight excluding hydrogens is 636 g/mol. The number of rotatable bonds is 10. The molecule has 0 saturated carbocycles. The minimum absolute atomic E-state index is 0.0195. The Bertz CT molecular complexity index is 1700. The van der Waals surface area contributed by atoms with Crippen LogP contribution in [0.1, 0.15) is 37.0 Å². The third-order valence-corrected chi connectivity index (χ3v) is 7.74. The van der Waals surface area contributed by atoms with Crippen LogP contribution in [0.2, 0.25) is 0 Å². The maximum absolute atomic E-state index is 14.0. The normalized spacial score (nSPS) is 16.9. The van der Waals surface area contributed by atoms with Crippen LogP contribution < -0.4 is 36.5 Å². The zero-order valence-electron chi connectivity index (χ0n) is 27.4. The Kier molecular flexibility index (Phi) is 12.1. The van der Waals surface area contributed by atoms with Gasteiger partial charge in [-0.3, -0.25) is 29.3 Å². The van der Waals surface area contributed by atoms with E-state index in [1.165, 1.54) is 37.4 Å². The van der Waals surface area contributed by atoms with Crippen LogP contribution in [0.4, 0.5) is 5.69 Å². The molecule has 0 spiro atoms. The zero-order valence-corrected chi connectivity index (χ0v) is 27.4. The Balaban J connectivity index is 1.79. The Labute approximate surface area is 282 Å². The molecule has 260 valence electrons. The molecular formula is C34H40N6O9. The number of methoxy groups -OCH3 is 1. The van der Waals surface area contributed by atoms with Crippen molar-refractivity contribution >= 4 is 29.3 Å². The summed E-state index contributed by atoms with van der Waals surface area (Å²) in [6, 6.07) is 12.3. The molecule has 2 heterocycles. The van der Waals surface area contributed by atoms with Gasteiger partial charge in [0.25, 0.3) is 0 Å². The van der Waals surface area contributed by atoms with Crippen LogP contribution >= 0.6 is 0 Å². The second kappa shape index (κ2) is 16.4. The van der Waals surface area contributed by atoms with Gasteiger partial charge in [-0.15, -0.1) is 0 Å². The fourth-order valence-electron chi connectivity index (χ4n) is 5.38. The highest BCUT2D eigenvalue weighted by Gasteiger charge is 2.31. The van der Waals surface area contributed by atoms with Crippen LogP contribution in [0, 0.1) is 16.0 Å². The van der Waals surface area contributed by atoms with Gasteiger partial charge in [-0.05, 0) is 47.2 Å². The maximum Gasteiger partial charge on any atom is 0.311 e. The number of carbonyl (C=O) groups is 4. The zero-order chi connectivity index (χ0) is 35.7. The SMILES string of the molecule is COc1c(O)cc2cc1Oc1ccc(cc1[N+](=O)[O-])C[C@@H](NC(=O)[C@@H](CC(C)C)NC(=O)CN)C(=O)N[C@@H](Cc1ccccc1)C(=O)NC2. The quantitative estimate of drug-likeness (QED) is 0.135. The first-order valence-electron chi connectivity index (χ1n) is 15.6. The van der Waals surface area contributed by atoms with Crippen molar-refractivity contribution in [3.63, 3.8) is 0 Å². The lowest BCUT2D eigenvalue weighted by Gasteiger charge is -2.26. The predicted molar refractivity (Wildman–Crippen MR) is 178 cm³/mol. The standard InChI is InChI=1S/C34H40N6O9/c1-19(2)11-23(37-30(42)17-35)33(44)39-25-13-21-9-10-28(26(14-21)40(46)47)49-29-16-22(15-27(41)31(29)48-3)18-36-32(43)24(38-34(25)45)12-20-7-5-4-6-8-20/h4-10,14-16,19,23-25,41H,11-13,17-18,35H2,1-3H3,(H,36,43)(H,37,42)(H,38,45)(H,39,44)/t23-,24+,25-/m1/s1. The number of ether oxygens (including phenoxy) is 2. The monoisotopic (exact) mass is 676 g/mol. The molecule has 3 aromatic carbocycles. The van der Waals surface area contributed by atoms with Gasteiger partial charge >= 0.3 is 5.69 Å². The van der Waals surface area contributed by atoms with Crippen LogP contribution in [0.3, 0.4) is 0 Å². The van der Waals surface area contributed by atoms with Gasteiger partial charge in [-0.25, -0.2) is 0 Å². The molecule has 49 heavy (non-hydrogen) atoms. The van der Waals surface area contributed by atoms with E-state index < -0.39 is 52.4 Å². The molecule has 2 aliphatic rings. The first kappa shape index (κ1) is 36.1. The molecule has 3 atom stereocenters. The van der Waals surface area contributed by atoms with Gasteiger partial charge in [0.1, 0.15) is 18.1 Å². The fraction of sp³-hybridized carbons (Fsp3) is 0.353. The molecule has 3 aromatic rings. The van der Waals surface area contributed by atoms with Crippen LogP contribution in [0.25, 0.3) is 0 Å². The number of hydrogen-bond donors (Lipinski definition) is 6. The summed E-state index contributed by atoms with van der Waals surface area (Å²) < 4.78 is 11.2. The molecule has 2 aliphatic heterocycles. The number of carbonyl (C=O) groups excluding carboxylic acids is 4. The second-order valence-corrected chi connectivity index (χ2v) is 12.0. The molecule has 4 bridgehead atoms. The van der Waals surface area contributed by atoms with Crippen molar-refractivity contribution in [2.45, 2.75) is 57.8 Å². The Morgan fingerprint density at radius 1 is 1.08 bits per heavy atom. The van der Waals surface area contributed by atoms with Crippen molar-refractivity contribution < 1.29 is 38.7 Å². The van der Waals surface area contributed by atoms with E-state index in [1.807, 2.05) is 19.9 Å². The molecule has 15 nitrogen and oxygen atoms in total. The lowest BCUT2D eigenvalue weighted by Crippen LogP contribution is -2.58. The van der Waals surface area contributed by atoms with Crippen molar-refractivity contribution in [1.82, 2.24) is 21.3 Å². The summed E-state index contributed by atoms with van der Waals surface area (Å²) in [5.41, 5.74) is 6.41. The predicted octanol–water partition coefficient (Wildman–Crippen LogP) is 1.98. The van der Waals surface area contributed by atoms with E-state index in [1.54, 1.807) is 24.3 Å². The molecule has 7 N–H and O–H groups in total. The largest absolute Gasteiger partial charge is 0.504 e. The summed E-state index contributed by atoms with van der Waals surface area (Å²) in [6.45, 7) is 3.25. The summed E-state index contributed by atoms with van der Waals surface area (Å²) in [4.78, 5) is 64.8.